The molecule has 116 valence electrons. The average molecular weight is 326 g/mol. The number of rotatable bonds is 6. The summed E-state index contributed by atoms with van der Waals surface area (Å²) in [7, 11) is 0. The minimum atomic E-state index is 0.316. The predicted octanol–water partition coefficient (Wildman–Crippen LogP) is 2.69. The first-order chi connectivity index (χ1) is 11.2. The molecule has 23 heavy (non-hydrogen) atoms. The maximum atomic E-state index is 10.3. The van der Waals surface area contributed by atoms with E-state index < -0.39 is 0 Å². The van der Waals surface area contributed by atoms with Gasteiger partial charge in [-0.25, -0.2) is 9.59 Å². The molecule has 0 unspecified atom stereocenters. The van der Waals surface area contributed by atoms with Crippen molar-refractivity contribution in [2.75, 3.05) is 0 Å². The lowest BCUT2D eigenvalue weighted by Crippen LogP contribution is -2.00. The van der Waals surface area contributed by atoms with Crippen molar-refractivity contribution >= 4 is 35.3 Å². The number of hydrogen-bond acceptors (Lipinski definition) is 7. The zero-order valence-electron chi connectivity index (χ0n) is 12.2. The van der Waals surface area contributed by atoms with E-state index in [1.54, 1.807) is 24.3 Å². The summed E-state index contributed by atoms with van der Waals surface area (Å²) in [6, 6.07) is 10.6. The first kappa shape index (κ1) is 16.8. The van der Waals surface area contributed by atoms with Crippen LogP contribution in [-0.4, -0.2) is 12.2 Å². The van der Waals surface area contributed by atoms with Gasteiger partial charge in [0.2, 0.25) is 12.2 Å². The number of isocyanates is 2. The molecule has 0 spiro atoms. The van der Waals surface area contributed by atoms with E-state index in [1.807, 2.05) is 12.1 Å². The van der Waals surface area contributed by atoms with Crippen molar-refractivity contribution in [1.82, 2.24) is 0 Å². The molecule has 7 heteroatoms. The van der Waals surface area contributed by atoms with E-state index in [-0.39, 0.29) is 0 Å². The van der Waals surface area contributed by atoms with Gasteiger partial charge in [-0.2, -0.15) is 9.98 Å². The van der Waals surface area contributed by atoms with E-state index in [4.69, 9.17) is 11.5 Å². The first-order valence-corrected chi connectivity index (χ1v) is 7.53. The Bertz CT molecular complexity index is 742. The molecule has 0 aliphatic rings. The Kier molecular flexibility index (Phi) is 6.00. The highest BCUT2D eigenvalue weighted by Crippen LogP contribution is 2.35. The fraction of sp³-hybridized carbons (Fsp3) is 0.125. The third-order valence-corrected chi connectivity index (χ3v) is 4.33. The van der Waals surface area contributed by atoms with Crippen LogP contribution in [0.5, 0.6) is 0 Å². The second kappa shape index (κ2) is 8.19. The number of aliphatic imine (C=N–C) groups is 2. The molecular formula is C16H14N4O2S. The molecule has 0 heterocycles. The SMILES string of the molecule is NCc1cc(N=C=O)ccc1Sc1ccc(N=C=O)cc1CN. The molecule has 0 radical (unpaired) electrons. The molecule has 6 nitrogen and oxygen atoms in total. The summed E-state index contributed by atoms with van der Waals surface area (Å²) in [4.78, 5) is 29.7. The van der Waals surface area contributed by atoms with Crippen molar-refractivity contribution in [3.05, 3.63) is 47.5 Å². The van der Waals surface area contributed by atoms with E-state index in [0.29, 0.717) is 24.5 Å². The fourth-order valence-corrected chi connectivity index (χ4v) is 3.07. The number of hydrogen-bond donors (Lipinski definition) is 2. The molecule has 0 amide bonds. The second-order valence-electron chi connectivity index (χ2n) is 4.50. The highest BCUT2D eigenvalue weighted by molar-refractivity contribution is 7.99. The van der Waals surface area contributed by atoms with Crippen LogP contribution in [0.25, 0.3) is 0 Å². The van der Waals surface area contributed by atoms with Gasteiger partial charge in [0.1, 0.15) is 0 Å². The summed E-state index contributed by atoms with van der Waals surface area (Å²) in [5, 5.41) is 0. The standard InChI is InChI=1S/C16H14N4O2S/c17-7-11-5-13(19-9-21)1-3-15(11)23-16-4-2-14(20-10-22)6-12(16)8-18/h1-6H,7-8,17-18H2. The summed E-state index contributed by atoms with van der Waals surface area (Å²) < 4.78 is 0. The van der Waals surface area contributed by atoms with Gasteiger partial charge >= 0.3 is 0 Å². The van der Waals surface area contributed by atoms with Crippen molar-refractivity contribution in [1.29, 1.82) is 0 Å². The highest BCUT2D eigenvalue weighted by Gasteiger charge is 2.09. The molecule has 0 bridgehead atoms. The summed E-state index contributed by atoms with van der Waals surface area (Å²) in [6.45, 7) is 0.631. The van der Waals surface area contributed by atoms with Crippen LogP contribution in [0.4, 0.5) is 11.4 Å². The largest absolute Gasteiger partial charge is 0.326 e. The lowest BCUT2D eigenvalue weighted by molar-refractivity contribution is 0.564. The topological polar surface area (TPSA) is 111 Å². The molecule has 0 aromatic heterocycles. The van der Waals surface area contributed by atoms with Gasteiger partial charge in [0.25, 0.3) is 0 Å². The smallest absolute Gasteiger partial charge is 0.240 e. The van der Waals surface area contributed by atoms with Crippen LogP contribution in [0.3, 0.4) is 0 Å². The number of benzene rings is 2. The van der Waals surface area contributed by atoms with Crippen molar-refractivity contribution in [2.24, 2.45) is 21.5 Å². The van der Waals surface area contributed by atoms with Crippen LogP contribution >= 0.6 is 11.8 Å². The Balaban J connectivity index is 2.38. The Morgan fingerprint density at radius 2 is 1.26 bits per heavy atom. The minimum absolute atomic E-state index is 0.316. The molecule has 4 N–H and O–H groups in total. The maximum Gasteiger partial charge on any atom is 0.240 e. The molecule has 2 rings (SSSR count). The Hall–Kier alpha value is -2.53. The summed E-state index contributed by atoms with van der Waals surface area (Å²) >= 11 is 1.50. The van der Waals surface area contributed by atoms with Gasteiger partial charge in [0.05, 0.1) is 11.4 Å². The normalized spacial score (nSPS) is 9.83. The van der Waals surface area contributed by atoms with Gasteiger partial charge in [0, 0.05) is 22.9 Å². The van der Waals surface area contributed by atoms with E-state index in [0.717, 1.165) is 20.9 Å². The van der Waals surface area contributed by atoms with Crippen LogP contribution in [0.1, 0.15) is 11.1 Å². The van der Waals surface area contributed by atoms with E-state index in [2.05, 4.69) is 9.98 Å². The minimum Gasteiger partial charge on any atom is -0.326 e. The summed E-state index contributed by atoms with van der Waals surface area (Å²) in [5.41, 5.74) is 14.3. The lowest BCUT2D eigenvalue weighted by Gasteiger charge is -2.11. The molecule has 0 aliphatic heterocycles. The van der Waals surface area contributed by atoms with Crippen molar-refractivity contribution in [3.8, 4) is 0 Å². The van der Waals surface area contributed by atoms with Crippen LogP contribution in [0, 0.1) is 0 Å². The lowest BCUT2D eigenvalue weighted by atomic mass is 10.2. The molecule has 0 aliphatic carbocycles. The van der Waals surface area contributed by atoms with Crippen molar-refractivity contribution in [2.45, 2.75) is 22.9 Å². The van der Waals surface area contributed by atoms with Crippen LogP contribution in [0.15, 0.2) is 56.2 Å². The van der Waals surface area contributed by atoms with E-state index in [9.17, 15) is 9.59 Å². The molecule has 0 fully saturated rings. The van der Waals surface area contributed by atoms with Crippen LogP contribution in [0.2, 0.25) is 0 Å². The van der Waals surface area contributed by atoms with Gasteiger partial charge < -0.3 is 11.5 Å². The third-order valence-electron chi connectivity index (χ3n) is 3.10. The fourth-order valence-electron chi connectivity index (χ4n) is 2.01. The van der Waals surface area contributed by atoms with Gasteiger partial charge in [-0.15, -0.1) is 0 Å². The van der Waals surface area contributed by atoms with Gasteiger partial charge in [-0.05, 0) is 47.5 Å². The molecule has 0 saturated carbocycles. The predicted molar refractivity (Wildman–Crippen MR) is 88.4 cm³/mol. The zero-order chi connectivity index (χ0) is 16.7. The molecule has 2 aromatic carbocycles. The summed E-state index contributed by atoms with van der Waals surface area (Å²) in [6.07, 6.45) is 3.02. The van der Waals surface area contributed by atoms with Gasteiger partial charge in [-0.3, -0.25) is 0 Å². The second-order valence-corrected chi connectivity index (χ2v) is 5.58. The Morgan fingerprint density at radius 1 is 0.826 bits per heavy atom. The molecular weight excluding hydrogens is 312 g/mol. The zero-order valence-corrected chi connectivity index (χ0v) is 13.0. The van der Waals surface area contributed by atoms with Gasteiger partial charge in [0.15, 0.2) is 0 Å². The molecule has 0 saturated heterocycles. The number of nitrogens with two attached hydrogens (primary N) is 2. The maximum absolute atomic E-state index is 10.3. The molecule has 2 aromatic rings. The van der Waals surface area contributed by atoms with E-state index >= 15 is 0 Å². The highest BCUT2D eigenvalue weighted by atomic mass is 32.2. The van der Waals surface area contributed by atoms with Gasteiger partial charge in [-0.1, -0.05) is 11.8 Å². The van der Waals surface area contributed by atoms with Crippen LogP contribution < -0.4 is 11.5 Å². The first-order valence-electron chi connectivity index (χ1n) is 6.71. The molecule has 0 atom stereocenters. The quantitative estimate of drug-likeness (QED) is 0.626. The van der Waals surface area contributed by atoms with Crippen molar-refractivity contribution in [3.63, 3.8) is 0 Å². The van der Waals surface area contributed by atoms with Crippen LogP contribution in [-0.2, 0) is 22.7 Å². The summed E-state index contributed by atoms with van der Waals surface area (Å²) in [5.74, 6) is 0. The van der Waals surface area contributed by atoms with E-state index in [1.165, 1.54) is 23.9 Å². The monoisotopic (exact) mass is 326 g/mol. The Labute approximate surface area is 137 Å². The number of nitrogens with zero attached hydrogens (tertiary/aromatic N) is 2. The Morgan fingerprint density at radius 3 is 1.61 bits per heavy atom. The third kappa shape index (κ3) is 4.23. The average Bonchev–Trinajstić information content (AvgIpc) is 2.57. The number of carbonyl (C=O) groups excluding carboxylic acids is 2. The van der Waals surface area contributed by atoms with Crippen molar-refractivity contribution < 1.29 is 9.59 Å².